The van der Waals surface area contributed by atoms with Gasteiger partial charge in [-0.2, -0.15) is 0 Å². The summed E-state index contributed by atoms with van der Waals surface area (Å²) in [4.78, 5) is 0. The SMILES string of the molecule is COC1CCCCC1(O)c1ccc(C)cc1. The third kappa shape index (κ3) is 2.00. The minimum atomic E-state index is -0.791. The van der Waals surface area contributed by atoms with Gasteiger partial charge in [0.2, 0.25) is 0 Å². The Balaban J connectivity index is 2.31. The summed E-state index contributed by atoms with van der Waals surface area (Å²) in [5.41, 5.74) is 1.42. The van der Waals surface area contributed by atoms with E-state index in [1.54, 1.807) is 7.11 Å². The standard InChI is InChI=1S/C14H20O2/c1-11-6-8-12(9-7-11)14(15)10-4-3-5-13(14)16-2/h6-9,13,15H,3-5,10H2,1-2H3. The van der Waals surface area contributed by atoms with E-state index in [0.29, 0.717) is 0 Å². The number of rotatable bonds is 2. The van der Waals surface area contributed by atoms with Gasteiger partial charge in [-0.15, -0.1) is 0 Å². The number of hydrogen-bond donors (Lipinski definition) is 1. The van der Waals surface area contributed by atoms with Crippen LogP contribution in [0, 0.1) is 6.92 Å². The topological polar surface area (TPSA) is 29.5 Å². The monoisotopic (exact) mass is 220 g/mol. The first kappa shape index (κ1) is 11.6. The minimum Gasteiger partial charge on any atom is -0.382 e. The minimum absolute atomic E-state index is 0.0658. The molecule has 1 saturated carbocycles. The summed E-state index contributed by atoms with van der Waals surface area (Å²) in [5.74, 6) is 0. The highest BCUT2D eigenvalue weighted by atomic mass is 16.5. The second-order valence-electron chi connectivity index (χ2n) is 4.76. The molecule has 1 aliphatic carbocycles. The fourth-order valence-corrected chi connectivity index (χ4v) is 2.61. The summed E-state index contributed by atoms with van der Waals surface area (Å²) in [6.07, 6.45) is 3.90. The van der Waals surface area contributed by atoms with Crippen LogP contribution in [-0.2, 0) is 10.3 Å². The van der Waals surface area contributed by atoms with Gasteiger partial charge in [0.15, 0.2) is 0 Å². The van der Waals surface area contributed by atoms with Crippen molar-refractivity contribution in [3.63, 3.8) is 0 Å². The largest absolute Gasteiger partial charge is 0.382 e. The molecule has 2 rings (SSSR count). The van der Waals surface area contributed by atoms with Crippen LogP contribution in [0.4, 0.5) is 0 Å². The van der Waals surface area contributed by atoms with Crippen molar-refractivity contribution in [1.82, 2.24) is 0 Å². The maximum absolute atomic E-state index is 10.8. The van der Waals surface area contributed by atoms with Gasteiger partial charge in [0.1, 0.15) is 5.60 Å². The van der Waals surface area contributed by atoms with Crippen molar-refractivity contribution in [3.8, 4) is 0 Å². The summed E-state index contributed by atoms with van der Waals surface area (Å²) in [7, 11) is 1.69. The molecule has 0 heterocycles. The molecule has 16 heavy (non-hydrogen) atoms. The predicted octanol–water partition coefficient (Wildman–Crippen LogP) is 2.77. The van der Waals surface area contributed by atoms with Crippen LogP contribution < -0.4 is 0 Å². The third-order valence-electron chi connectivity index (χ3n) is 3.64. The smallest absolute Gasteiger partial charge is 0.116 e. The molecule has 2 unspecified atom stereocenters. The van der Waals surface area contributed by atoms with Crippen LogP contribution in [0.1, 0.15) is 36.8 Å². The number of methoxy groups -OCH3 is 1. The Kier molecular flexibility index (Phi) is 3.31. The highest BCUT2D eigenvalue weighted by Gasteiger charge is 2.40. The Morgan fingerprint density at radius 1 is 1.25 bits per heavy atom. The van der Waals surface area contributed by atoms with E-state index in [1.165, 1.54) is 5.56 Å². The fourth-order valence-electron chi connectivity index (χ4n) is 2.61. The fraction of sp³-hybridized carbons (Fsp3) is 0.571. The molecule has 2 atom stereocenters. The van der Waals surface area contributed by atoms with E-state index in [-0.39, 0.29) is 6.10 Å². The average Bonchev–Trinajstić information content (AvgIpc) is 2.30. The number of aryl methyl sites for hydroxylation is 1. The van der Waals surface area contributed by atoms with Crippen molar-refractivity contribution < 1.29 is 9.84 Å². The molecule has 1 aromatic rings. The lowest BCUT2D eigenvalue weighted by atomic mass is 9.77. The van der Waals surface area contributed by atoms with Crippen molar-refractivity contribution in [2.45, 2.75) is 44.3 Å². The quantitative estimate of drug-likeness (QED) is 0.830. The molecule has 88 valence electrons. The van der Waals surface area contributed by atoms with E-state index in [2.05, 4.69) is 19.1 Å². The lowest BCUT2D eigenvalue weighted by Crippen LogP contribution is -2.43. The Bertz CT molecular complexity index is 344. The van der Waals surface area contributed by atoms with Crippen LogP contribution in [0.25, 0.3) is 0 Å². The molecule has 0 spiro atoms. The van der Waals surface area contributed by atoms with Crippen LogP contribution in [0.15, 0.2) is 24.3 Å². The van der Waals surface area contributed by atoms with Gasteiger partial charge in [0, 0.05) is 7.11 Å². The highest BCUT2D eigenvalue weighted by molar-refractivity contribution is 5.28. The van der Waals surface area contributed by atoms with Crippen LogP contribution in [0.3, 0.4) is 0 Å². The Labute approximate surface area is 97.3 Å². The number of hydrogen-bond acceptors (Lipinski definition) is 2. The first-order valence-electron chi connectivity index (χ1n) is 5.99. The molecule has 0 bridgehead atoms. The molecule has 0 aromatic heterocycles. The van der Waals surface area contributed by atoms with E-state index in [4.69, 9.17) is 4.74 Å². The molecule has 1 aliphatic rings. The van der Waals surface area contributed by atoms with E-state index in [0.717, 1.165) is 31.2 Å². The van der Waals surface area contributed by atoms with Crippen molar-refractivity contribution in [1.29, 1.82) is 0 Å². The lowest BCUT2D eigenvalue weighted by molar-refractivity contribution is -0.122. The van der Waals surface area contributed by atoms with Gasteiger partial charge in [-0.3, -0.25) is 0 Å². The molecule has 1 aromatic carbocycles. The van der Waals surface area contributed by atoms with Crippen molar-refractivity contribution in [3.05, 3.63) is 35.4 Å². The number of benzene rings is 1. The first-order valence-corrected chi connectivity index (χ1v) is 5.99. The third-order valence-corrected chi connectivity index (χ3v) is 3.64. The molecule has 0 radical (unpaired) electrons. The molecular weight excluding hydrogens is 200 g/mol. The molecule has 1 fully saturated rings. The first-order chi connectivity index (χ1) is 7.66. The Hall–Kier alpha value is -0.860. The average molecular weight is 220 g/mol. The van der Waals surface area contributed by atoms with E-state index in [1.807, 2.05) is 12.1 Å². The van der Waals surface area contributed by atoms with E-state index >= 15 is 0 Å². The van der Waals surface area contributed by atoms with Gasteiger partial charge >= 0.3 is 0 Å². The van der Waals surface area contributed by atoms with Gasteiger partial charge in [-0.05, 0) is 25.3 Å². The van der Waals surface area contributed by atoms with Crippen LogP contribution in [0.5, 0.6) is 0 Å². The summed E-state index contributed by atoms with van der Waals surface area (Å²) >= 11 is 0. The Morgan fingerprint density at radius 2 is 1.94 bits per heavy atom. The number of aliphatic hydroxyl groups is 1. The van der Waals surface area contributed by atoms with Crippen molar-refractivity contribution in [2.75, 3.05) is 7.11 Å². The molecule has 1 N–H and O–H groups in total. The van der Waals surface area contributed by atoms with Crippen LogP contribution in [-0.4, -0.2) is 18.3 Å². The second kappa shape index (κ2) is 4.56. The van der Waals surface area contributed by atoms with E-state index < -0.39 is 5.60 Å². The van der Waals surface area contributed by atoms with Crippen molar-refractivity contribution >= 4 is 0 Å². The normalized spacial score (nSPS) is 30.3. The van der Waals surface area contributed by atoms with E-state index in [9.17, 15) is 5.11 Å². The molecule has 0 saturated heterocycles. The summed E-state index contributed by atoms with van der Waals surface area (Å²) in [6.45, 7) is 2.06. The van der Waals surface area contributed by atoms with Crippen LogP contribution in [0.2, 0.25) is 0 Å². The second-order valence-corrected chi connectivity index (χ2v) is 4.76. The summed E-state index contributed by atoms with van der Waals surface area (Å²) in [5, 5.41) is 10.8. The molecule has 2 heteroatoms. The number of ether oxygens (including phenoxy) is 1. The van der Waals surface area contributed by atoms with Gasteiger partial charge < -0.3 is 9.84 Å². The maximum atomic E-state index is 10.8. The van der Waals surface area contributed by atoms with Gasteiger partial charge in [0.05, 0.1) is 6.10 Å². The zero-order chi connectivity index (χ0) is 11.6. The lowest BCUT2D eigenvalue weighted by Gasteiger charge is -2.39. The van der Waals surface area contributed by atoms with Gasteiger partial charge in [0.25, 0.3) is 0 Å². The zero-order valence-electron chi connectivity index (χ0n) is 10.1. The summed E-state index contributed by atoms with van der Waals surface area (Å²) in [6, 6.07) is 8.14. The maximum Gasteiger partial charge on any atom is 0.116 e. The molecule has 2 nitrogen and oxygen atoms in total. The van der Waals surface area contributed by atoms with Crippen molar-refractivity contribution in [2.24, 2.45) is 0 Å². The molecular formula is C14H20O2. The van der Waals surface area contributed by atoms with Gasteiger partial charge in [-0.1, -0.05) is 42.7 Å². The van der Waals surface area contributed by atoms with Gasteiger partial charge in [-0.25, -0.2) is 0 Å². The highest BCUT2D eigenvalue weighted by Crippen LogP contribution is 2.38. The van der Waals surface area contributed by atoms with Crippen LogP contribution >= 0.6 is 0 Å². The summed E-state index contributed by atoms with van der Waals surface area (Å²) < 4.78 is 5.44. The molecule has 0 amide bonds. The predicted molar refractivity (Wildman–Crippen MR) is 64.3 cm³/mol. The Morgan fingerprint density at radius 3 is 2.56 bits per heavy atom. The molecule has 0 aliphatic heterocycles. The zero-order valence-corrected chi connectivity index (χ0v) is 10.1.